The van der Waals surface area contributed by atoms with E-state index in [9.17, 15) is 4.79 Å². The van der Waals surface area contributed by atoms with Crippen molar-refractivity contribution in [1.29, 1.82) is 0 Å². The first-order valence-corrected chi connectivity index (χ1v) is 12.4. The number of benzene rings is 2. The van der Waals surface area contributed by atoms with Crippen LogP contribution in [-0.4, -0.2) is 62.7 Å². The number of likely N-dealkylation sites (tertiary alicyclic amines) is 2. The quantitative estimate of drug-likeness (QED) is 0.556. The van der Waals surface area contributed by atoms with E-state index in [2.05, 4.69) is 43.0 Å². The van der Waals surface area contributed by atoms with E-state index >= 15 is 0 Å². The number of para-hydroxylation sites is 1. The molecule has 2 aliphatic rings. The summed E-state index contributed by atoms with van der Waals surface area (Å²) in [6.45, 7) is 9.80. The second kappa shape index (κ2) is 10.7. The smallest absolute Gasteiger partial charge is 0.253 e. The van der Waals surface area contributed by atoms with E-state index in [1.165, 1.54) is 12.0 Å². The average Bonchev–Trinajstić information content (AvgIpc) is 3.24. The Morgan fingerprint density at radius 1 is 0.941 bits per heavy atom. The van der Waals surface area contributed by atoms with Gasteiger partial charge in [-0.05, 0) is 61.4 Å². The Morgan fingerprint density at radius 3 is 2.35 bits per heavy atom. The number of amides is 1. The minimum absolute atomic E-state index is 0.0712. The molecule has 2 aromatic carbocycles. The minimum Gasteiger partial charge on any atom is -0.493 e. The van der Waals surface area contributed by atoms with Crippen molar-refractivity contribution in [3.05, 3.63) is 53.6 Å². The van der Waals surface area contributed by atoms with Gasteiger partial charge in [-0.25, -0.2) is 0 Å². The fourth-order valence-electron chi connectivity index (χ4n) is 5.18. The summed E-state index contributed by atoms with van der Waals surface area (Å²) in [7, 11) is 3.20. The molecule has 0 radical (unpaired) electrons. The summed E-state index contributed by atoms with van der Waals surface area (Å²) in [5.74, 6) is 2.81. The molecule has 0 unspecified atom stereocenters. The van der Waals surface area contributed by atoms with E-state index in [1.807, 2.05) is 11.0 Å². The van der Waals surface area contributed by atoms with Crippen LogP contribution in [0.15, 0.2) is 42.5 Å². The van der Waals surface area contributed by atoms with Crippen LogP contribution < -0.4 is 14.2 Å². The number of hydrogen-bond donors (Lipinski definition) is 0. The van der Waals surface area contributed by atoms with Gasteiger partial charge in [-0.2, -0.15) is 0 Å². The lowest BCUT2D eigenvalue weighted by Gasteiger charge is -2.39. The maximum absolute atomic E-state index is 13.1. The Kier molecular flexibility index (Phi) is 7.67. The molecule has 6 heteroatoms. The standard InChI is InChI=1S/C28H38N2O4/c1-21(2)19-34-24-8-6-5-7-23(24)18-29-14-11-28(20-29)12-15-30(16-13-28)27(31)22-9-10-25(32-3)26(17-22)33-4/h5-10,17,21H,11-16,18-20H2,1-4H3. The zero-order valence-electron chi connectivity index (χ0n) is 21.0. The molecule has 0 bridgehead atoms. The molecule has 2 aliphatic heterocycles. The van der Waals surface area contributed by atoms with Crippen LogP contribution in [0.3, 0.4) is 0 Å². The number of nitrogens with zero attached hydrogens (tertiary/aromatic N) is 2. The van der Waals surface area contributed by atoms with Crippen molar-refractivity contribution in [2.75, 3.05) is 47.0 Å². The molecule has 2 fully saturated rings. The van der Waals surface area contributed by atoms with Gasteiger partial charge >= 0.3 is 0 Å². The van der Waals surface area contributed by atoms with Crippen LogP contribution in [0.2, 0.25) is 0 Å². The predicted molar refractivity (Wildman–Crippen MR) is 134 cm³/mol. The second-order valence-electron chi connectivity index (χ2n) is 10.1. The lowest BCUT2D eigenvalue weighted by molar-refractivity contribution is 0.0587. The maximum Gasteiger partial charge on any atom is 0.253 e. The highest BCUT2D eigenvalue weighted by Crippen LogP contribution is 2.41. The number of carbonyl (C=O) groups excluding carboxylic acids is 1. The van der Waals surface area contributed by atoms with E-state index in [1.54, 1.807) is 26.4 Å². The fourth-order valence-corrected chi connectivity index (χ4v) is 5.18. The molecule has 0 aliphatic carbocycles. The topological polar surface area (TPSA) is 51.2 Å². The predicted octanol–water partition coefficient (Wildman–Crippen LogP) is 4.87. The summed E-state index contributed by atoms with van der Waals surface area (Å²) < 4.78 is 16.7. The summed E-state index contributed by atoms with van der Waals surface area (Å²) in [5, 5.41) is 0. The lowest BCUT2D eigenvalue weighted by Crippen LogP contribution is -2.44. The van der Waals surface area contributed by atoms with Crippen molar-refractivity contribution in [1.82, 2.24) is 9.80 Å². The Labute approximate surface area is 203 Å². The maximum atomic E-state index is 13.1. The fraction of sp³-hybridized carbons (Fsp3) is 0.536. The second-order valence-corrected chi connectivity index (χ2v) is 10.1. The van der Waals surface area contributed by atoms with Crippen molar-refractivity contribution < 1.29 is 19.0 Å². The summed E-state index contributed by atoms with van der Waals surface area (Å²) in [4.78, 5) is 17.7. The molecule has 184 valence electrons. The Balaban J connectivity index is 1.34. The molecule has 34 heavy (non-hydrogen) atoms. The Hall–Kier alpha value is -2.73. The van der Waals surface area contributed by atoms with Gasteiger partial charge < -0.3 is 19.1 Å². The molecule has 0 saturated carbocycles. The van der Waals surface area contributed by atoms with Crippen molar-refractivity contribution >= 4 is 5.91 Å². The van der Waals surface area contributed by atoms with Crippen molar-refractivity contribution in [2.24, 2.45) is 11.3 Å². The third-order valence-electron chi connectivity index (χ3n) is 7.20. The molecular formula is C28H38N2O4. The summed E-state index contributed by atoms with van der Waals surface area (Å²) in [6.07, 6.45) is 3.29. The zero-order valence-corrected chi connectivity index (χ0v) is 21.0. The summed E-state index contributed by atoms with van der Waals surface area (Å²) in [6, 6.07) is 13.8. The molecule has 1 spiro atoms. The third-order valence-corrected chi connectivity index (χ3v) is 7.20. The van der Waals surface area contributed by atoms with Gasteiger partial charge in [0.05, 0.1) is 20.8 Å². The van der Waals surface area contributed by atoms with E-state index in [-0.39, 0.29) is 5.91 Å². The van der Waals surface area contributed by atoms with Gasteiger partial charge in [-0.15, -0.1) is 0 Å². The molecule has 6 nitrogen and oxygen atoms in total. The van der Waals surface area contributed by atoms with Gasteiger partial charge in [0.2, 0.25) is 0 Å². The number of rotatable bonds is 8. The molecular weight excluding hydrogens is 428 g/mol. The third kappa shape index (κ3) is 5.49. The zero-order chi connectivity index (χ0) is 24.1. The van der Waals surface area contributed by atoms with Gasteiger partial charge in [0.25, 0.3) is 5.91 Å². The van der Waals surface area contributed by atoms with Crippen LogP contribution in [0.25, 0.3) is 0 Å². The molecule has 1 amide bonds. The van der Waals surface area contributed by atoms with Crippen molar-refractivity contribution in [3.8, 4) is 17.2 Å². The number of carbonyl (C=O) groups is 1. The molecule has 0 aromatic heterocycles. The normalized spacial score (nSPS) is 17.9. The largest absolute Gasteiger partial charge is 0.493 e. The highest BCUT2D eigenvalue weighted by molar-refractivity contribution is 5.95. The summed E-state index contributed by atoms with van der Waals surface area (Å²) in [5.41, 5.74) is 2.23. The molecule has 0 atom stereocenters. The van der Waals surface area contributed by atoms with E-state index in [4.69, 9.17) is 14.2 Å². The van der Waals surface area contributed by atoms with Gasteiger partial charge in [-0.3, -0.25) is 9.69 Å². The number of piperidine rings is 1. The number of hydrogen-bond acceptors (Lipinski definition) is 5. The van der Waals surface area contributed by atoms with E-state index < -0.39 is 0 Å². The van der Waals surface area contributed by atoms with Crippen LogP contribution >= 0.6 is 0 Å². The van der Waals surface area contributed by atoms with Gasteiger partial charge in [0.1, 0.15) is 5.75 Å². The lowest BCUT2D eigenvalue weighted by atomic mass is 9.77. The average molecular weight is 467 g/mol. The van der Waals surface area contributed by atoms with Crippen LogP contribution in [0.4, 0.5) is 0 Å². The first kappa shape index (κ1) is 24.4. The van der Waals surface area contributed by atoms with Gasteiger partial charge in [0.15, 0.2) is 11.5 Å². The molecule has 2 aromatic rings. The molecule has 2 heterocycles. The number of ether oxygens (including phenoxy) is 3. The van der Waals surface area contributed by atoms with E-state index in [0.29, 0.717) is 28.4 Å². The van der Waals surface area contributed by atoms with Gasteiger partial charge in [0, 0.05) is 37.3 Å². The monoisotopic (exact) mass is 466 g/mol. The highest BCUT2D eigenvalue weighted by Gasteiger charge is 2.41. The van der Waals surface area contributed by atoms with Crippen molar-refractivity contribution in [3.63, 3.8) is 0 Å². The first-order valence-electron chi connectivity index (χ1n) is 12.4. The number of methoxy groups -OCH3 is 2. The van der Waals surface area contributed by atoms with Crippen LogP contribution in [0, 0.1) is 11.3 Å². The minimum atomic E-state index is 0.0712. The van der Waals surface area contributed by atoms with Gasteiger partial charge in [-0.1, -0.05) is 32.0 Å². The van der Waals surface area contributed by atoms with Crippen LogP contribution in [0.5, 0.6) is 17.2 Å². The molecule has 4 rings (SSSR count). The van der Waals surface area contributed by atoms with Crippen LogP contribution in [-0.2, 0) is 6.54 Å². The molecule has 0 N–H and O–H groups in total. The SMILES string of the molecule is COc1ccc(C(=O)N2CCC3(CCN(Cc4ccccc4OCC(C)C)C3)CC2)cc1OC. The summed E-state index contributed by atoms with van der Waals surface area (Å²) >= 11 is 0. The van der Waals surface area contributed by atoms with E-state index in [0.717, 1.165) is 57.9 Å². The first-order chi connectivity index (χ1) is 16.4. The Bertz CT molecular complexity index is 982. The molecule has 2 saturated heterocycles. The highest BCUT2D eigenvalue weighted by atomic mass is 16.5. The van der Waals surface area contributed by atoms with Crippen LogP contribution in [0.1, 0.15) is 49.0 Å². The van der Waals surface area contributed by atoms with Crippen molar-refractivity contribution in [2.45, 2.75) is 39.7 Å². The Morgan fingerprint density at radius 2 is 1.65 bits per heavy atom.